The van der Waals surface area contributed by atoms with Crippen molar-refractivity contribution in [3.63, 3.8) is 0 Å². The molecule has 2 heteroatoms. The van der Waals surface area contributed by atoms with E-state index in [1.807, 2.05) is 0 Å². The molecule has 1 N–H and O–H groups in total. The average Bonchev–Trinajstić information content (AvgIpc) is 2.27. The van der Waals surface area contributed by atoms with Gasteiger partial charge in [0, 0.05) is 12.6 Å². The maximum Gasteiger partial charge on any atom is 0.00387 e. The molecule has 110 valence electrons. The minimum absolute atomic E-state index is 0.675. The van der Waals surface area contributed by atoms with Crippen LogP contribution >= 0.6 is 0 Å². The molecule has 0 fully saturated rings. The Hall–Kier alpha value is -0.0800. The van der Waals surface area contributed by atoms with Crippen molar-refractivity contribution in [2.45, 2.75) is 66.8 Å². The molecule has 0 aromatic carbocycles. The quantitative estimate of drug-likeness (QED) is 0.566. The standard InChI is InChI=1S/C16H36N2/c1-7-8-9-10-18(15(4)5)13-16(6)12-17-11-14(2)3/h14-17H,7-13H2,1-6H3. The van der Waals surface area contributed by atoms with Crippen molar-refractivity contribution < 1.29 is 0 Å². The Balaban J connectivity index is 3.84. The number of hydrogen-bond donors (Lipinski definition) is 1. The van der Waals surface area contributed by atoms with Gasteiger partial charge in [-0.25, -0.2) is 0 Å². The monoisotopic (exact) mass is 256 g/mol. The van der Waals surface area contributed by atoms with Crippen molar-refractivity contribution in [1.82, 2.24) is 10.2 Å². The fourth-order valence-corrected chi connectivity index (χ4v) is 2.21. The molecule has 0 aromatic heterocycles. The minimum atomic E-state index is 0.675. The summed E-state index contributed by atoms with van der Waals surface area (Å²) in [4.78, 5) is 2.64. The lowest BCUT2D eigenvalue weighted by molar-refractivity contribution is 0.186. The second-order valence-electron chi connectivity index (χ2n) is 6.45. The van der Waals surface area contributed by atoms with Crippen LogP contribution in [0.1, 0.15) is 60.8 Å². The largest absolute Gasteiger partial charge is 0.316 e. The van der Waals surface area contributed by atoms with Crippen molar-refractivity contribution in [3.05, 3.63) is 0 Å². The summed E-state index contributed by atoms with van der Waals surface area (Å²) in [5.41, 5.74) is 0. The van der Waals surface area contributed by atoms with Crippen LogP contribution in [0.15, 0.2) is 0 Å². The Morgan fingerprint density at radius 2 is 1.61 bits per heavy atom. The third-order valence-corrected chi connectivity index (χ3v) is 3.37. The van der Waals surface area contributed by atoms with E-state index in [0.29, 0.717) is 6.04 Å². The first kappa shape index (κ1) is 17.9. The first-order valence-electron chi connectivity index (χ1n) is 7.92. The highest BCUT2D eigenvalue weighted by Gasteiger charge is 2.12. The molecule has 0 radical (unpaired) electrons. The number of nitrogens with one attached hydrogen (secondary N) is 1. The molecule has 0 spiro atoms. The molecular weight excluding hydrogens is 220 g/mol. The molecule has 0 heterocycles. The van der Waals surface area contributed by atoms with Crippen LogP contribution in [0.5, 0.6) is 0 Å². The smallest absolute Gasteiger partial charge is 0.00387 e. The highest BCUT2D eigenvalue weighted by molar-refractivity contribution is 4.68. The van der Waals surface area contributed by atoms with E-state index in [1.54, 1.807) is 0 Å². The topological polar surface area (TPSA) is 15.3 Å². The zero-order chi connectivity index (χ0) is 14.0. The molecule has 0 saturated carbocycles. The molecule has 1 atom stereocenters. The van der Waals surface area contributed by atoms with Gasteiger partial charge in [0.05, 0.1) is 0 Å². The number of hydrogen-bond acceptors (Lipinski definition) is 2. The zero-order valence-corrected chi connectivity index (χ0v) is 13.6. The van der Waals surface area contributed by atoms with Crippen molar-refractivity contribution >= 4 is 0 Å². The predicted octanol–water partition coefficient (Wildman–Crippen LogP) is 3.77. The second-order valence-corrected chi connectivity index (χ2v) is 6.45. The van der Waals surface area contributed by atoms with Crippen molar-refractivity contribution in [2.24, 2.45) is 11.8 Å². The van der Waals surface area contributed by atoms with E-state index in [0.717, 1.165) is 24.9 Å². The van der Waals surface area contributed by atoms with Crippen LogP contribution in [0.25, 0.3) is 0 Å². The molecule has 0 amide bonds. The molecule has 0 bridgehead atoms. The molecule has 18 heavy (non-hydrogen) atoms. The summed E-state index contributed by atoms with van der Waals surface area (Å²) in [7, 11) is 0. The van der Waals surface area contributed by atoms with E-state index in [9.17, 15) is 0 Å². The highest BCUT2D eigenvalue weighted by Crippen LogP contribution is 2.07. The first-order chi connectivity index (χ1) is 8.47. The van der Waals surface area contributed by atoms with Gasteiger partial charge in [-0.05, 0) is 51.7 Å². The maximum absolute atomic E-state index is 3.57. The van der Waals surface area contributed by atoms with Crippen LogP contribution in [0, 0.1) is 11.8 Å². The van der Waals surface area contributed by atoms with Crippen LogP contribution in [-0.2, 0) is 0 Å². The lowest BCUT2D eigenvalue weighted by Crippen LogP contribution is -2.38. The number of nitrogens with zero attached hydrogens (tertiary/aromatic N) is 1. The fraction of sp³-hybridized carbons (Fsp3) is 1.00. The van der Waals surface area contributed by atoms with Gasteiger partial charge in [0.15, 0.2) is 0 Å². The molecule has 0 saturated heterocycles. The highest BCUT2D eigenvalue weighted by atomic mass is 15.1. The second kappa shape index (κ2) is 10.8. The molecule has 1 unspecified atom stereocenters. The maximum atomic E-state index is 3.57. The van der Waals surface area contributed by atoms with E-state index in [2.05, 4.69) is 51.8 Å². The number of rotatable bonds is 11. The third kappa shape index (κ3) is 9.90. The van der Waals surface area contributed by atoms with Crippen molar-refractivity contribution in [2.75, 3.05) is 26.2 Å². The van der Waals surface area contributed by atoms with E-state index in [4.69, 9.17) is 0 Å². The minimum Gasteiger partial charge on any atom is -0.316 e. The lowest BCUT2D eigenvalue weighted by atomic mass is 10.1. The summed E-state index contributed by atoms with van der Waals surface area (Å²) in [6.45, 7) is 18.6. The Morgan fingerprint density at radius 1 is 0.944 bits per heavy atom. The zero-order valence-electron chi connectivity index (χ0n) is 13.6. The van der Waals surface area contributed by atoms with Gasteiger partial charge >= 0.3 is 0 Å². The van der Waals surface area contributed by atoms with Gasteiger partial charge in [-0.3, -0.25) is 0 Å². The van der Waals surface area contributed by atoms with Crippen LogP contribution in [-0.4, -0.2) is 37.1 Å². The summed E-state index contributed by atoms with van der Waals surface area (Å²) in [5.74, 6) is 1.50. The van der Waals surface area contributed by atoms with E-state index in [1.165, 1.54) is 32.4 Å². The summed E-state index contributed by atoms with van der Waals surface area (Å²) >= 11 is 0. The molecule has 0 aliphatic heterocycles. The van der Waals surface area contributed by atoms with Crippen LogP contribution in [0.3, 0.4) is 0 Å². The van der Waals surface area contributed by atoms with Crippen LogP contribution in [0.2, 0.25) is 0 Å². The third-order valence-electron chi connectivity index (χ3n) is 3.37. The Labute approximate surface area is 116 Å². The predicted molar refractivity (Wildman–Crippen MR) is 83.1 cm³/mol. The molecular formula is C16H36N2. The summed E-state index contributed by atoms with van der Waals surface area (Å²) in [5, 5.41) is 3.57. The van der Waals surface area contributed by atoms with Gasteiger partial charge in [-0.1, -0.05) is 40.5 Å². The first-order valence-corrected chi connectivity index (χ1v) is 7.92. The van der Waals surface area contributed by atoms with E-state index < -0.39 is 0 Å². The van der Waals surface area contributed by atoms with Gasteiger partial charge in [0.1, 0.15) is 0 Å². The van der Waals surface area contributed by atoms with Gasteiger partial charge < -0.3 is 10.2 Å². The van der Waals surface area contributed by atoms with Gasteiger partial charge in [-0.15, -0.1) is 0 Å². The van der Waals surface area contributed by atoms with Crippen LogP contribution < -0.4 is 5.32 Å². The molecule has 0 aliphatic carbocycles. The van der Waals surface area contributed by atoms with E-state index in [-0.39, 0.29) is 0 Å². The summed E-state index contributed by atoms with van der Waals surface area (Å²) in [6, 6.07) is 0.675. The summed E-state index contributed by atoms with van der Waals surface area (Å²) < 4.78 is 0. The van der Waals surface area contributed by atoms with Gasteiger partial charge in [0.25, 0.3) is 0 Å². The van der Waals surface area contributed by atoms with Gasteiger partial charge in [-0.2, -0.15) is 0 Å². The molecule has 2 nitrogen and oxygen atoms in total. The van der Waals surface area contributed by atoms with Crippen LogP contribution in [0.4, 0.5) is 0 Å². The summed E-state index contributed by atoms with van der Waals surface area (Å²) in [6.07, 6.45) is 4.03. The number of unbranched alkanes of at least 4 members (excludes halogenated alkanes) is 2. The normalized spacial score (nSPS) is 13.8. The van der Waals surface area contributed by atoms with Gasteiger partial charge in [0.2, 0.25) is 0 Å². The molecule has 0 rings (SSSR count). The lowest BCUT2D eigenvalue weighted by Gasteiger charge is -2.29. The Bertz CT molecular complexity index is 178. The molecule has 0 aromatic rings. The molecule has 0 aliphatic rings. The fourth-order valence-electron chi connectivity index (χ4n) is 2.21. The van der Waals surface area contributed by atoms with Crippen molar-refractivity contribution in [3.8, 4) is 0 Å². The van der Waals surface area contributed by atoms with E-state index >= 15 is 0 Å². The SMILES string of the molecule is CCCCCN(CC(C)CNCC(C)C)C(C)C. The Kier molecular flexibility index (Phi) is 10.8. The Morgan fingerprint density at radius 3 is 2.11 bits per heavy atom. The van der Waals surface area contributed by atoms with Crippen molar-refractivity contribution in [1.29, 1.82) is 0 Å². The average molecular weight is 256 g/mol.